The van der Waals surface area contributed by atoms with Crippen molar-refractivity contribution in [1.29, 1.82) is 0 Å². The number of nitrogens with zero attached hydrogens (tertiary/aromatic N) is 5. The van der Waals surface area contributed by atoms with Crippen molar-refractivity contribution < 1.29 is 19.1 Å². The molecule has 13 heteroatoms. The van der Waals surface area contributed by atoms with E-state index in [1.54, 1.807) is 17.3 Å². The monoisotopic (exact) mass is 588 g/mol. The van der Waals surface area contributed by atoms with Crippen LogP contribution in [0.25, 0.3) is 0 Å². The lowest BCUT2D eigenvalue weighted by Crippen LogP contribution is -2.41. The molecule has 0 saturated carbocycles. The van der Waals surface area contributed by atoms with Gasteiger partial charge in [-0.25, -0.2) is 0 Å². The van der Waals surface area contributed by atoms with Crippen LogP contribution in [0, 0.1) is 0 Å². The van der Waals surface area contributed by atoms with Crippen molar-refractivity contribution in [3.63, 3.8) is 0 Å². The number of likely N-dealkylation sites (N-methyl/N-ethyl adjacent to an activating group) is 2. The van der Waals surface area contributed by atoms with Crippen molar-refractivity contribution in [2.24, 2.45) is 10.8 Å². The van der Waals surface area contributed by atoms with Crippen molar-refractivity contribution in [2.75, 3.05) is 76.4 Å². The highest BCUT2D eigenvalue weighted by Crippen LogP contribution is 2.30. The molecule has 226 valence electrons. The summed E-state index contributed by atoms with van der Waals surface area (Å²) >= 11 is 1.21. The van der Waals surface area contributed by atoms with Crippen molar-refractivity contribution in [3.8, 4) is 0 Å². The van der Waals surface area contributed by atoms with Gasteiger partial charge in [0.25, 0.3) is 11.8 Å². The zero-order valence-corrected chi connectivity index (χ0v) is 25.4. The first kappa shape index (κ1) is 32.4. The summed E-state index contributed by atoms with van der Waals surface area (Å²) in [7, 11) is 2.02. The molecule has 1 aromatic heterocycles. The summed E-state index contributed by atoms with van der Waals surface area (Å²) in [5.41, 5.74) is 10.6. The van der Waals surface area contributed by atoms with E-state index in [2.05, 4.69) is 30.6 Å². The number of hydrogen-bond donors (Lipinski definition) is 3. The fraction of sp³-hybridized carbons (Fsp3) is 0.571. The highest BCUT2D eigenvalue weighted by molar-refractivity contribution is 8.15. The minimum atomic E-state index is -0.695. The predicted octanol–water partition coefficient (Wildman–Crippen LogP) is 2.18. The molecule has 2 amide bonds. The van der Waals surface area contributed by atoms with E-state index in [1.165, 1.54) is 11.8 Å². The fourth-order valence-electron chi connectivity index (χ4n) is 4.32. The van der Waals surface area contributed by atoms with Gasteiger partial charge in [0, 0.05) is 58.5 Å². The van der Waals surface area contributed by atoms with Gasteiger partial charge in [-0.3, -0.25) is 24.9 Å². The number of amides is 2. The molecule has 2 aliphatic rings. The second-order valence-corrected chi connectivity index (χ2v) is 10.5. The summed E-state index contributed by atoms with van der Waals surface area (Å²) in [6.45, 7) is 11.7. The van der Waals surface area contributed by atoms with Gasteiger partial charge < -0.3 is 30.3 Å². The van der Waals surface area contributed by atoms with E-state index in [9.17, 15) is 9.59 Å². The van der Waals surface area contributed by atoms with Crippen LogP contribution in [0.5, 0.6) is 0 Å². The van der Waals surface area contributed by atoms with Crippen LogP contribution in [0.4, 0.5) is 11.4 Å². The van der Waals surface area contributed by atoms with E-state index in [0.717, 1.165) is 31.7 Å². The lowest BCUT2D eigenvalue weighted by Gasteiger charge is -2.29. The van der Waals surface area contributed by atoms with Gasteiger partial charge in [-0.15, -0.1) is 0 Å². The maximum absolute atomic E-state index is 13.5. The number of nitrogens with two attached hydrogens (primary N) is 1. The normalized spacial score (nSPS) is 17.3. The Morgan fingerprint density at radius 3 is 2.83 bits per heavy atom. The van der Waals surface area contributed by atoms with Gasteiger partial charge in [0.2, 0.25) is 0 Å². The molecule has 2 aliphatic heterocycles. The van der Waals surface area contributed by atoms with Crippen LogP contribution in [0.15, 0.2) is 47.0 Å². The number of aromatic nitrogens is 1. The molecule has 41 heavy (non-hydrogen) atoms. The Hall–Kier alpha value is -3.13. The zero-order chi connectivity index (χ0) is 29.6. The van der Waals surface area contributed by atoms with Gasteiger partial charge in [-0.05, 0) is 45.1 Å². The van der Waals surface area contributed by atoms with Gasteiger partial charge >= 0.3 is 0 Å². The van der Waals surface area contributed by atoms with Crippen LogP contribution in [0.2, 0.25) is 0 Å². The third-order valence-electron chi connectivity index (χ3n) is 6.58. The van der Waals surface area contributed by atoms with Gasteiger partial charge in [0.1, 0.15) is 12.4 Å². The van der Waals surface area contributed by atoms with Gasteiger partial charge in [0.15, 0.2) is 10.5 Å². The Bertz CT molecular complexity index is 1110. The van der Waals surface area contributed by atoms with Crippen molar-refractivity contribution in [1.82, 2.24) is 20.2 Å². The van der Waals surface area contributed by atoms with E-state index < -0.39 is 5.37 Å². The third-order valence-corrected chi connectivity index (χ3v) is 7.65. The molecule has 1 atom stereocenters. The molecule has 0 radical (unpaired) electrons. The summed E-state index contributed by atoms with van der Waals surface area (Å²) < 4.78 is 11.5. The van der Waals surface area contributed by atoms with E-state index in [0.29, 0.717) is 68.1 Å². The summed E-state index contributed by atoms with van der Waals surface area (Å²) in [5.74, 6) is 0.210. The number of hydrazone groups is 1. The average Bonchev–Trinajstić information content (AvgIpc) is 3.46. The molecule has 4 N–H and O–H groups in total. The van der Waals surface area contributed by atoms with Crippen LogP contribution in [-0.2, 0) is 19.1 Å². The Kier molecular flexibility index (Phi) is 13.4. The fourth-order valence-corrected chi connectivity index (χ4v) is 5.21. The molecule has 0 bridgehead atoms. The second-order valence-electron chi connectivity index (χ2n) is 9.47. The number of allylic oxidation sites excluding steroid dienone is 1. The minimum Gasteiger partial charge on any atom is -0.496 e. The molecular weight excluding hydrogens is 544 g/mol. The number of carbonyl (C=O) groups is 2. The molecule has 0 fully saturated rings. The standard InChI is InChI=1S/C28H44N8O4S/c1-5-8-9-21-24(40-19-17-34(4)16-18-39-7-3)11-14-36(27(21)38)28-33-32-26(41-28)25(37)31-22-20-30-13-10-23(22)35(6-2)15-12-29/h8-10,13,20,26,32H,5-7,11-12,14-19,29H2,1-4H3,(H,31,37)/b9-8-. The van der Waals surface area contributed by atoms with Crippen LogP contribution < -0.4 is 21.4 Å². The van der Waals surface area contributed by atoms with E-state index in [4.69, 9.17) is 15.2 Å². The number of pyridine rings is 1. The Balaban J connectivity index is 1.62. The Morgan fingerprint density at radius 1 is 1.29 bits per heavy atom. The summed E-state index contributed by atoms with van der Waals surface area (Å²) in [5, 5.41) is 7.06. The predicted molar refractivity (Wildman–Crippen MR) is 164 cm³/mol. The van der Waals surface area contributed by atoms with Crippen LogP contribution in [0.3, 0.4) is 0 Å². The topological polar surface area (TPSA) is 138 Å². The van der Waals surface area contributed by atoms with Crippen molar-refractivity contribution in [3.05, 3.63) is 41.9 Å². The van der Waals surface area contributed by atoms with Crippen LogP contribution in [-0.4, -0.2) is 103 Å². The second kappa shape index (κ2) is 17.0. The molecule has 0 saturated heterocycles. The molecule has 12 nitrogen and oxygen atoms in total. The molecular formula is C28H44N8O4S. The number of rotatable bonds is 16. The molecule has 0 aromatic carbocycles. The lowest BCUT2D eigenvalue weighted by atomic mass is 10.1. The quantitative estimate of drug-likeness (QED) is 0.246. The number of anilines is 2. The molecule has 1 aromatic rings. The van der Waals surface area contributed by atoms with E-state index >= 15 is 0 Å². The van der Waals surface area contributed by atoms with Gasteiger partial charge in [0.05, 0.1) is 29.8 Å². The van der Waals surface area contributed by atoms with Crippen molar-refractivity contribution in [2.45, 2.75) is 39.0 Å². The number of thioether (sulfide) groups is 1. The Morgan fingerprint density at radius 2 is 2.10 bits per heavy atom. The smallest absolute Gasteiger partial charge is 0.263 e. The maximum Gasteiger partial charge on any atom is 0.263 e. The van der Waals surface area contributed by atoms with Crippen LogP contribution >= 0.6 is 11.8 Å². The number of hydrogen-bond acceptors (Lipinski definition) is 11. The number of ether oxygens (including phenoxy) is 2. The summed E-state index contributed by atoms with van der Waals surface area (Å²) in [6, 6.07) is 1.86. The molecule has 0 aliphatic carbocycles. The SMILES string of the molecule is CC/C=C\C1=C(OCCN(C)CCOCC)CCN(C2=NNC(C(=O)Nc3cnccc3N(CC)CCN)S2)C1=O. The molecule has 0 spiro atoms. The lowest BCUT2D eigenvalue weighted by molar-refractivity contribution is -0.124. The number of nitrogens with one attached hydrogen (secondary N) is 2. The molecule has 3 heterocycles. The summed E-state index contributed by atoms with van der Waals surface area (Å²) in [4.78, 5) is 36.7. The first-order valence-corrected chi connectivity index (χ1v) is 15.1. The highest BCUT2D eigenvalue weighted by Gasteiger charge is 2.36. The molecule has 1 unspecified atom stereocenters. The first-order valence-electron chi connectivity index (χ1n) is 14.2. The summed E-state index contributed by atoms with van der Waals surface area (Å²) in [6.07, 6.45) is 8.43. The molecule has 3 rings (SSSR count). The number of amidine groups is 1. The number of carbonyl (C=O) groups excluding carboxylic acids is 2. The zero-order valence-electron chi connectivity index (χ0n) is 24.6. The average molecular weight is 589 g/mol. The largest absolute Gasteiger partial charge is 0.496 e. The van der Waals surface area contributed by atoms with E-state index in [1.807, 2.05) is 46.0 Å². The Labute approximate surface area is 247 Å². The minimum absolute atomic E-state index is 0.190. The van der Waals surface area contributed by atoms with E-state index in [-0.39, 0.29) is 11.8 Å². The maximum atomic E-state index is 13.5. The highest BCUT2D eigenvalue weighted by atomic mass is 32.2. The first-order chi connectivity index (χ1) is 19.9. The van der Waals surface area contributed by atoms with Gasteiger partial charge in [-0.2, -0.15) is 5.10 Å². The van der Waals surface area contributed by atoms with Crippen molar-refractivity contribution >= 4 is 40.1 Å². The van der Waals surface area contributed by atoms with Gasteiger partial charge in [-0.1, -0.05) is 19.1 Å². The third kappa shape index (κ3) is 9.18. The van der Waals surface area contributed by atoms with Crippen LogP contribution in [0.1, 0.15) is 33.6 Å².